The van der Waals surface area contributed by atoms with Crippen molar-refractivity contribution >= 4 is 18.1 Å². The van der Waals surface area contributed by atoms with Gasteiger partial charge in [-0.1, -0.05) is 20.8 Å². The van der Waals surface area contributed by atoms with Crippen LogP contribution in [-0.2, 0) is 9.47 Å². The fraction of sp³-hybridized carbons (Fsp3) is 0.643. The summed E-state index contributed by atoms with van der Waals surface area (Å²) in [4.78, 5) is 27.5. The molecule has 1 amide bonds. The van der Waals surface area contributed by atoms with E-state index < -0.39 is 17.8 Å². The summed E-state index contributed by atoms with van der Waals surface area (Å²) in [5.41, 5.74) is -0.775. The zero-order valence-corrected chi connectivity index (χ0v) is 13.4. The summed E-state index contributed by atoms with van der Waals surface area (Å²) in [6.07, 6.45) is 1.52. The molecule has 0 spiro atoms. The molecule has 0 unspecified atom stereocenters. The maximum atomic E-state index is 11.9. The maximum absolute atomic E-state index is 11.9. The Morgan fingerprint density at radius 1 is 1.24 bits per heavy atom. The number of imidazole rings is 1. The molecule has 21 heavy (non-hydrogen) atoms. The Bertz CT molecular complexity index is 509. The van der Waals surface area contributed by atoms with Gasteiger partial charge in [0.05, 0.1) is 6.61 Å². The number of rotatable bonds is 2. The van der Waals surface area contributed by atoms with E-state index in [9.17, 15) is 9.59 Å². The molecule has 0 radical (unpaired) electrons. The summed E-state index contributed by atoms with van der Waals surface area (Å²) in [6, 6.07) is 0. The average Bonchev–Trinajstić information content (AvgIpc) is 2.70. The van der Waals surface area contributed by atoms with Crippen LogP contribution in [0.1, 0.15) is 41.5 Å². The number of amides is 1. The zero-order chi connectivity index (χ0) is 16.3. The first-order valence-corrected chi connectivity index (χ1v) is 6.68. The van der Waals surface area contributed by atoms with Crippen molar-refractivity contribution in [1.29, 1.82) is 0 Å². The number of nitrogens with one attached hydrogen (secondary N) is 1. The monoisotopic (exact) mass is 297 g/mol. The van der Waals surface area contributed by atoms with E-state index in [1.165, 1.54) is 12.4 Å². The van der Waals surface area contributed by atoms with Crippen LogP contribution in [0, 0.1) is 5.41 Å². The Morgan fingerprint density at radius 2 is 1.86 bits per heavy atom. The number of ether oxygens (including phenoxy) is 2. The third-order valence-corrected chi connectivity index (χ3v) is 2.08. The smallest absolute Gasteiger partial charge is 0.420 e. The summed E-state index contributed by atoms with van der Waals surface area (Å²) < 4.78 is 11.4. The molecule has 0 saturated heterocycles. The Morgan fingerprint density at radius 3 is 2.38 bits per heavy atom. The van der Waals surface area contributed by atoms with Gasteiger partial charge in [-0.25, -0.2) is 19.1 Å². The molecule has 0 aromatic carbocycles. The Kier molecular flexibility index (Phi) is 4.98. The first kappa shape index (κ1) is 17.0. The zero-order valence-electron chi connectivity index (χ0n) is 13.4. The molecule has 0 atom stereocenters. The lowest BCUT2D eigenvalue weighted by Crippen LogP contribution is -2.29. The number of anilines is 1. The predicted molar refractivity (Wildman–Crippen MR) is 78.3 cm³/mol. The lowest BCUT2D eigenvalue weighted by Gasteiger charge is -2.20. The molecule has 1 aromatic rings. The van der Waals surface area contributed by atoms with E-state index in [4.69, 9.17) is 9.47 Å². The lowest BCUT2D eigenvalue weighted by molar-refractivity contribution is 0.0634. The SMILES string of the molecule is CC(C)(C)COC(=O)n1ccnc1NC(=O)OC(C)(C)C. The molecular weight excluding hydrogens is 274 g/mol. The summed E-state index contributed by atoms with van der Waals surface area (Å²) in [5.74, 6) is 0.0585. The van der Waals surface area contributed by atoms with Gasteiger partial charge < -0.3 is 9.47 Å². The van der Waals surface area contributed by atoms with Crippen LogP contribution < -0.4 is 5.32 Å². The molecular formula is C14H23N3O4. The Balaban J connectivity index is 2.69. The molecule has 0 aliphatic rings. The number of aromatic nitrogens is 2. The van der Waals surface area contributed by atoms with Crippen molar-refractivity contribution in [2.75, 3.05) is 11.9 Å². The van der Waals surface area contributed by atoms with Crippen LogP contribution in [0.4, 0.5) is 15.5 Å². The van der Waals surface area contributed by atoms with Crippen LogP contribution in [0.25, 0.3) is 0 Å². The van der Waals surface area contributed by atoms with Gasteiger partial charge in [-0.05, 0) is 26.2 Å². The molecule has 0 bridgehead atoms. The van der Waals surface area contributed by atoms with Crippen molar-refractivity contribution in [3.8, 4) is 0 Å². The first-order valence-electron chi connectivity index (χ1n) is 6.68. The summed E-state index contributed by atoms with van der Waals surface area (Å²) in [7, 11) is 0. The molecule has 0 fully saturated rings. The number of hydrogen-bond donors (Lipinski definition) is 1. The first-order chi connectivity index (χ1) is 9.48. The minimum atomic E-state index is -0.682. The summed E-state index contributed by atoms with van der Waals surface area (Å²) in [5, 5.41) is 2.41. The highest BCUT2D eigenvalue weighted by molar-refractivity contribution is 5.85. The molecule has 7 nitrogen and oxygen atoms in total. The summed E-state index contributed by atoms with van der Waals surface area (Å²) in [6.45, 7) is 11.4. The van der Waals surface area contributed by atoms with Gasteiger partial charge in [0.15, 0.2) is 0 Å². The van der Waals surface area contributed by atoms with Crippen LogP contribution in [0.2, 0.25) is 0 Å². The predicted octanol–water partition coefficient (Wildman–Crippen LogP) is 3.26. The highest BCUT2D eigenvalue weighted by Crippen LogP contribution is 2.15. The molecule has 7 heteroatoms. The molecule has 0 saturated carbocycles. The third kappa shape index (κ3) is 6.29. The van der Waals surface area contributed by atoms with Crippen LogP contribution in [0.15, 0.2) is 12.4 Å². The lowest BCUT2D eigenvalue weighted by atomic mass is 9.99. The Hall–Kier alpha value is -2.05. The third-order valence-electron chi connectivity index (χ3n) is 2.08. The van der Waals surface area contributed by atoms with Gasteiger partial charge in [0, 0.05) is 12.4 Å². The van der Waals surface area contributed by atoms with E-state index in [-0.39, 0.29) is 18.0 Å². The van der Waals surface area contributed by atoms with Gasteiger partial charge in [-0.15, -0.1) is 0 Å². The topological polar surface area (TPSA) is 82.5 Å². The van der Waals surface area contributed by atoms with Gasteiger partial charge in [-0.3, -0.25) is 5.32 Å². The molecule has 1 aromatic heterocycles. The minimum absolute atomic E-state index is 0.0585. The fourth-order valence-electron chi connectivity index (χ4n) is 1.29. The highest BCUT2D eigenvalue weighted by atomic mass is 16.6. The quantitative estimate of drug-likeness (QED) is 0.906. The molecule has 0 aliphatic carbocycles. The van der Waals surface area contributed by atoms with Gasteiger partial charge in [0.2, 0.25) is 5.95 Å². The van der Waals surface area contributed by atoms with Crippen LogP contribution in [-0.4, -0.2) is 33.9 Å². The van der Waals surface area contributed by atoms with Gasteiger partial charge in [0.1, 0.15) is 5.60 Å². The van der Waals surface area contributed by atoms with E-state index in [2.05, 4.69) is 10.3 Å². The largest absolute Gasteiger partial charge is 0.448 e. The molecule has 1 rings (SSSR count). The van der Waals surface area contributed by atoms with Crippen molar-refractivity contribution in [2.24, 2.45) is 5.41 Å². The number of nitrogens with zero attached hydrogens (tertiary/aromatic N) is 2. The van der Waals surface area contributed by atoms with Gasteiger partial charge in [-0.2, -0.15) is 0 Å². The van der Waals surface area contributed by atoms with Gasteiger partial charge >= 0.3 is 12.2 Å². The number of carbonyl (C=O) groups is 2. The number of hydrogen-bond acceptors (Lipinski definition) is 5. The van der Waals surface area contributed by atoms with Gasteiger partial charge in [0.25, 0.3) is 0 Å². The minimum Gasteiger partial charge on any atom is -0.448 e. The highest BCUT2D eigenvalue weighted by Gasteiger charge is 2.21. The van der Waals surface area contributed by atoms with Crippen molar-refractivity contribution in [3.63, 3.8) is 0 Å². The molecule has 0 aliphatic heterocycles. The standard InChI is InChI=1S/C14H23N3O4/c1-13(2,3)9-20-12(19)17-8-7-15-10(17)16-11(18)21-14(4,5)6/h7-8H,9H2,1-6H3,(H,15,16,18). The molecule has 118 valence electrons. The van der Waals surface area contributed by atoms with E-state index in [0.29, 0.717) is 0 Å². The van der Waals surface area contributed by atoms with Crippen LogP contribution >= 0.6 is 0 Å². The fourth-order valence-corrected chi connectivity index (χ4v) is 1.29. The second kappa shape index (κ2) is 6.15. The normalized spacial score (nSPS) is 11.9. The second-order valence-electron chi connectivity index (χ2n) is 6.86. The van der Waals surface area contributed by atoms with E-state index >= 15 is 0 Å². The summed E-state index contributed by atoms with van der Waals surface area (Å²) >= 11 is 0. The number of carbonyl (C=O) groups excluding carboxylic acids is 2. The van der Waals surface area contributed by atoms with E-state index in [1.54, 1.807) is 20.8 Å². The van der Waals surface area contributed by atoms with E-state index in [1.807, 2.05) is 20.8 Å². The second-order valence-corrected chi connectivity index (χ2v) is 6.86. The van der Waals surface area contributed by atoms with Crippen molar-refractivity contribution in [1.82, 2.24) is 9.55 Å². The maximum Gasteiger partial charge on any atom is 0.420 e. The average molecular weight is 297 g/mol. The van der Waals surface area contributed by atoms with E-state index in [0.717, 1.165) is 4.57 Å². The van der Waals surface area contributed by atoms with Crippen LogP contribution in [0.5, 0.6) is 0 Å². The Labute approximate surface area is 124 Å². The van der Waals surface area contributed by atoms with Crippen molar-refractivity contribution in [3.05, 3.63) is 12.4 Å². The molecule has 1 N–H and O–H groups in total. The molecule has 1 heterocycles. The van der Waals surface area contributed by atoms with Crippen molar-refractivity contribution in [2.45, 2.75) is 47.1 Å². The van der Waals surface area contributed by atoms with Crippen molar-refractivity contribution < 1.29 is 19.1 Å². The van der Waals surface area contributed by atoms with Crippen LogP contribution in [0.3, 0.4) is 0 Å².